The molecule has 2 nitrogen and oxygen atoms in total. The largest absolute Gasteiger partial charge is 0.748 e. The van der Waals surface area contributed by atoms with Crippen molar-refractivity contribution in [2.24, 2.45) is 11.8 Å². The second kappa shape index (κ2) is 15.6. The van der Waals surface area contributed by atoms with E-state index in [1.807, 2.05) is 41.1 Å². The topological polar surface area (TPSA) is 24.1 Å². The van der Waals surface area contributed by atoms with Crippen LogP contribution in [0.3, 0.4) is 0 Å². The summed E-state index contributed by atoms with van der Waals surface area (Å²) in [6, 6.07) is 12.8. The van der Waals surface area contributed by atoms with Crippen molar-refractivity contribution in [3.05, 3.63) is 47.5 Å². The summed E-state index contributed by atoms with van der Waals surface area (Å²) in [6.45, 7) is 35.5. The molecule has 0 saturated carbocycles. The number of piperidine rings is 2. The van der Waals surface area contributed by atoms with Crippen LogP contribution in [0.4, 0.5) is 0 Å². The quantitative estimate of drug-likeness (QED) is 0.172. The minimum Gasteiger partial charge on any atom is -0.748 e. The van der Waals surface area contributed by atoms with Gasteiger partial charge in [0.15, 0.2) is 0 Å². The maximum atomic E-state index is 3.83. The fourth-order valence-corrected chi connectivity index (χ4v) is 18.2. The molecule has 2 fully saturated rings. The summed E-state index contributed by atoms with van der Waals surface area (Å²) >= 11 is 0. The van der Waals surface area contributed by atoms with Crippen LogP contribution in [0.2, 0.25) is 39.3 Å². The molecule has 0 aliphatic carbocycles. The molecule has 4 rings (SSSR count). The average molecular weight is 701 g/mol. The minimum atomic E-state index is -1.57. The van der Waals surface area contributed by atoms with Crippen molar-refractivity contribution >= 4 is 43.7 Å². The molecule has 2 aromatic rings. The Hall–Kier alpha value is 0.433. The molecule has 7 heteroatoms. The second-order valence-electron chi connectivity index (χ2n) is 17.2. The van der Waals surface area contributed by atoms with E-state index in [-0.39, 0.29) is 30.1 Å². The van der Waals surface area contributed by atoms with E-state index < -0.39 is 16.1 Å². The van der Waals surface area contributed by atoms with Crippen molar-refractivity contribution in [1.82, 2.24) is 10.6 Å². The van der Waals surface area contributed by atoms with Gasteiger partial charge in [0.1, 0.15) is 0 Å². The predicted octanol–water partition coefficient (Wildman–Crippen LogP) is 8.55. The monoisotopic (exact) mass is 700 g/mol. The number of hydrogen-bond donors (Lipinski definition) is 2. The standard InChI is InChI=1S/C31H61N2P2Si2.C5H5.Fe/c1-29(2,3)35(30(4,5)6)22-25-26(19-27(36(7,8)9)28(25)37(10,11)12)31(34,23-15-13-17-32-20-23)24-16-14-18-33-21-24;1-2-4-5-3-1;/h19,23-24,32-33H,13-18,20-22,34H2,1-12H3;1-5H;/q-1;-5;. The summed E-state index contributed by atoms with van der Waals surface area (Å²) in [6.07, 6.45) is 6.63. The van der Waals surface area contributed by atoms with E-state index in [2.05, 4.69) is 107 Å². The third-order valence-electron chi connectivity index (χ3n) is 9.65. The van der Waals surface area contributed by atoms with Gasteiger partial charge < -0.3 is 41.0 Å². The Morgan fingerprint density at radius 3 is 1.51 bits per heavy atom. The van der Waals surface area contributed by atoms with Gasteiger partial charge in [-0.2, -0.15) is 10.8 Å². The molecule has 0 aromatic heterocycles. The van der Waals surface area contributed by atoms with Crippen molar-refractivity contribution in [1.29, 1.82) is 0 Å². The fourth-order valence-electron chi connectivity index (χ4n) is 7.85. The maximum absolute atomic E-state index is 3.83. The van der Waals surface area contributed by atoms with E-state index in [0.717, 1.165) is 0 Å². The molecule has 0 amide bonds. The van der Waals surface area contributed by atoms with E-state index in [0.29, 0.717) is 22.1 Å². The van der Waals surface area contributed by atoms with Crippen LogP contribution in [-0.4, -0.2) is 52.6 Å². The van der Waals surface area contributed by atoms with Gasteiger partial charge in [0.2, 0.25) is 0 Å². The van der Waals surface area contributed by atoms with E-state index in [4.69, 9.17) is 0 Å². The molecule has 252 valence electrons. The van der Waals surface area contributed by atoms with Crippen molar-refractivity contribution in [3.63, 3.8) is 0 Å². The molecule has 0 spiro atoms. The predicted molar refractivity (Wildman–Crippen MR) is 203 cm³/mol. The van der Waals surface area contributed by atoms with Gasteiger partial charge in [-0.3, -0.25) is 0 Å². The van der Waals surface area contributed by atoms with Crippen molar-refractivity contribution in [2.45, 2.75) is 128 Å². The molecule has 2 saturated heterocycles. The molecule has 2 aromatic carbocycles. The SMILES string of the molecule is CC(C)(C)P(C[c-]1c(C(P)(C2CCCNC2)C2CCCNC2)cc([Si](C)(C)C)c1[Si](C)(C)C)C(C)(C)C.[Fe].[cH-]1[cH-][cH-][cH-][cH-]1. The van der Waals surface area contributed by atoms with Gasteiger partial charge in [-0.1, -0.05) is 87.0 Å². The molecule has 3 unspecified atom stereocenters. The van der Waals surface area contributed by atoms with Gasteiger partial charge in [0, 0.05) is 25.1 Å². The van der Waals surface area contributed by atoms with Crippen LogP contribution in [-0.2, 0) is 28.4 Å². The Morgan fingerprint density at radius 2 is 1.21 bits per heavy atom. The molecular formula is C36H66FeN2P2Si2-6. The summed E-state index contributed by atoms with van der Waals surface area (Å²) < 4.78 is 0. The third-order valence-corrected chi connectivity index (χ3v) is 19.1. The van der Waals surface area contributed by atoms with Crippen LogP contribution < -0.4 is 21.0 Å². The van der Waals surface area contributed by atoms with E-state index in [1.54, 1.807) is 10.8 Å². The zero-order valence-electron chi connectivity index (χ0n) is 29.9. The van der Waals surface area contributed by atoms with Crippen LogP contribution in [0, 0.1) is 11.8 Å². The first kappa shape index (κ1) is 39.6. The normalized spacial score (nSPS) is 21.9. The zero-order chi connectivity index (χ0) is 31.6. The summed E-state index contributed by atoms with van der Waals surface area (Å²) in [5, 5.41) is 12.1. The van der Waals surface area contributed by atoms with E-state index >= 15 is 0 Å². The van der Waals surface area contributed by atoms with Crippen LogP contribution in [0.25, 0.3) is 0 Å². The Morgan fingerprint density at radius 1 is 0.791 bits per heavy atom. The zero-order valence-corrected chi connectivity index (χ0v) is 35.0. The molecule has 2 aliphatic rings. The van der Waals surface area contributed by atoms with Crippen molar-refractivity contribution < 1.29 is 17.1 Å². The molecular weight excluding hydrogens is 634 g/mol. The van der Waals surface area contributed by atoms with Gasteiger partial charge in [-0.15, -0.1) is 22.7 Å². The summed E-state index contributed by atoms with van der Waals surface area (Å²) in [4.78, 5) is 0. The smallest absolute Gasteiger partial charge is 0.0508 e. The Kier molecular flexibility index (Phi) is 14.3. The molecule has 2 heterocycles. The maximum Gasteiger partial charge on any atom is 0.0508 e. The van der Waals surface area contributed by atoms with Crippen LogP contribution in [0.15, 0.2) is 36.4 Å². The number of hydrogen-bond acceptors (Lipinski definition) is 2. The molecule has 43 heavy (non-hydrogen) atoms. The van der Waals surface area contributed by atoms with Gasteiger partial charge in [-0.25, -0.2) is 11.3 Å². The molecule has 0 radical (unpaired) electrons. The summed E-state index contributed by atoms with van der Waals surface area (Å²) in [5.41, 5.74) is 3.58. The average Bonchev–Trinajstić information content (AvgIpc) is 3.58. The van der Waals surface area contributed by atoms with Gasteiger partial charge in [-0.05, 0) is 79.2 Å². The Balaban J connectivity index is 0.000000973. The summed E-state index contributed by atoms with van der Waals surface area (Å²) in [7, 11) is 0.307. The Labute approximate surface area is 283 Å². The van der Waals surface area contributed by atoms with Crippen molar-refractivity contribution in [2.75, 3.05) is 26.2 Å². The molecule has 2 N–H and O–H groups in total. The molecule has 3 atom stereocenters. The summed E-state index contributed by atoms with van der Waals surface area (Å²) in [5.74, 6) is 1.38. The van der Waals surface area contributed by atoms with E-state index in [9.17, 15) is 0 Å². The Bertz CT molecular complexity index is 1040. The minimum absolute atomic E-state index is 0. The van der Waals surface area contributed by atoms with E-state index in [1.165, 1.54) is 58.0 Å². The first-order valence-corrected chi connectivity index (χ1v) is 25.9. The number of nitrogens with one attached hydrogen (secondary N) is 2. The second-order valence-corrected chi connectivity index (χ2v) is 32.1. The molecule has 2 aliphatic heterocycles. The first-order chi connectivity index (χ1) is 19.3. The third kappa shape index (κ3) is 9.97. The van der Waals surface area contributed by atoms with Gasteiger partial charge in [0.05, 0.1) is 8.07 Å². The molecule has 0 bridgehead atoms. The first-order valence-electron chi connectivity index (χ1n) is 16.8. The van der Waals surface area contributed by atoms with Crippen LogP contribution >= 0.6 is 17.2 Å². The van der Waals surface area contributed by atoms with Crippen molar-refractivity contribution in [3.8, 4) is 0 Å². The fraction of sp³-hybridized carbons (Fsp3) is 0.722. The van der Waals surface area contributed by atoms with Crippen LogP contribution in [0.1, 0.15) is 78.4 Å². The number of rotatable bonds is 7. The van der Waals surface area contributed by atoms with Crippen LogP contribution in [0.5, 0.6) is 0 Å². The van der Waals surface area contributed by atoms with Gasteiger partial charge >= 0.3 is 0 Å². The van der Waals surface area contributed by atoms with Gasteiger partial charge in [0.25, 0.3) is 0 Å².